The number of benzene rings is 1. The van der Waals surface area contributed by atoms with Gasteiger partial charge in [0.2, 0.25) is 0 Å². The highest BCUT2D eigenvalue weighted by atomic mass is 15.0. The molecule has 2 rings (SSSR count). The second-order valence-electron chi connectivity index (χ2n) is 4.44. The van der Waals surface area contributed by atoms with Crippen molar-refractivity contribution < 1.29 is 0 Å². The Morgan fingerprint density at radius 1 is 1.17 bits per heavy atom. The van der Waals surface area contributed by atoms with Crippen molar-refractivity contribution in [1.29, 1.82) is 0 Å². The monoisotopic (exact) mass is 241 g/mol. The molecular formula is C15H19N3. The zero-order valence-electron chi connectivity index (χ0n) is 11.4. The number of rotatable bonds is 3. The summed E-state index contributed by atoms with van der Waals surface area (Å²) >= 11 is 0. The van der Waals surface area contributed by atoms with Gasteiger partial charge in [-0.05, 0) is 19.9 Å². The molecule has 0 aliphatic carbocycles. The summed E-state index contributed by atoms with van der Waals surface area (Å²) in [6, 6.07) is 8.42. The van der Waals surface area contributed by atoms with Crippen LogP contribution >= 0.6 is 0 Å². The Labute approximate surface area is 108 Å². The number of aromatic nitrogens is 2. The SMILES string of the molecule is CCc1nc(NC)c(C)c(-c2cccc(C)c2)n1. The second kappa shape index (κ2) is 5.17. The summed E-state index contributed by atoms with van der Waals surface area (Å²) in [5.41, 5.74) is 4.52. The third-order valence-corrected chi connectivity index (χ3v) is 3.04. The third-order valence-electron chi connectivity index (χ3n) is 3.04. The van der Waals surface area contributed by atoms with E-state index in [-0.39, 0.29) is 0 Å². The molecule has 0 saturated heterocycles. The predicted molar refractivity (Wildman–Crippen MR) is 75.9 cm³/mol. The molecule has 1 aromatic carbocycles. The van der Waals surface area contributed by atoms with Gasteiger partial charge in [0, 0.05) is 24.6 Å². The van der Waals surface area contributed by atoms with E-state index in [1.807, 2.05) is 7.05 Å². The van der Waals surface area contributed by atoms with E-state index in [1.165, 1.54) is 5.56 Å². The molecule has 0 saturated carbocycles. The first kappa shape index (κ1) is 12.6. The maximum absolute atomic E-state index is 4.66. The number of hydrogen-bond donors (Lipinski definition) is 1. The van der Waals surface area contributed by atoms with Gasteiger partial charge < -0.3 is 5.32 Å². The molecule has 0 unspecified atom stereocenters. The van der Waals surface area contributed by atoms with Crippen molar-refractivity contribution in [3.8, 4) is 11.3 Å². The summed E-state index contributed by atoms with van der Waals surface area (Å²) in [6.07, 6.45) is 0.841. The minimum Gasteiger partial charge on any atom is -0.373 e. The van der Waals surface area contributed by atoms with Crippen molar-refractivity contribution in [3.05, 3.63) is 41.2 Å². The quantitative estimate of drug-likeness (QED) is 0.895. The van der Waals surface area contributed by atoms with Gasteiger partial charge in [-0.25, -0.2) is 9.97 Å². The fraction of sp³-hybridized carbons (Fsp3) is 0.333. The van der Waals surface area contributed by atoms with Crippen molar-refractivity contribution >= 4 is 5.82 Å². The van der Waals surface area contributed by atoms with E-state index in [9.17, 15) is 0 Å². The van der Waals surface area contributed by atoms with Crippen molar-refractivity contribution in [2.75, 3.05) is 12.4 Å². The molecule has 0 aliphatic heterocycles. The molecule has 18 heavy (non-hydrogen) atoms. The van der Waals surface area contributed by atoms with Gasteiger partial charge in [0.25, 0.3) is 0 Å². The third kappa shape index (κ3) is 2.35. The summed E-state index contributed by atoms with van der Waals surface area (Å²) in [6.45, 7) is 6.23. The van der Waals surface area contributed by atoms with Crippen LogP contribution in [0, 0.1) is 13.8 Å². The van der Waals surface area contributed by atoms with E-state index in [4.69, 9.17) is 0 Å². The highest BCUT2D eigenvalue weighted by Crippen LogP contribution is 2.26. The topological polar surface area (TPSA) is 37.8 Å². The van der Waals surface area contributed by atoms with E-state index in [1.54, 1.807) is 0 Å². The average Bonchev–Trinajstić information content (AvgIpc) is 2.39. The maximum Gasteiger partial charge on any atom is 0.132 e. The molecule has 1 heterocycles. The fourth-order valence-electron chi connectivity index (χ4n) is 2.04. The van der Waals surface area contributed by atoms with Crippen LogP contribution in [0.3, 0.4) is 0 Å². The summed E-state index contributed by atoms with van der Waals surface area (Å²) in [7, 11) is 1.90. The van der Waals surface area contributed by atoms with Gasteiger partial charge in [0.1, 0.15) is 11.6 Å². The Kier molecular flexibility index (Phi) is 3.60. The van der Waals surface area contributed by atoms with E-state index < -0.39 is 0 Å². The Balaban J connectivity index is 2.62. The molecule has 0 bridgehead atoms. The number of nitrogens with zero attached hydrogens (tertiary/aromatic N) is 2. The van der Waals surface area contributed by atoms with Crippen LogP contribution in [0.4, 0.5) is 5.82 Å². The Morgan fingerprint density at radius 3 is 2.56 bits per heavy atom. The number of nitrogens with one attached hydrogen (secondary N) is 1. The molecule has 3 nitrogen and oxygen atoms in total. The van der Waals surface area contributed by atoms with Crippen LogP contribution < -0.4 is 5.32 Å². The van der Waals surface area contributed by atoms with Crippen LogP contribution in [0.15, 0.2) is 24.3 Å². The molecule has 0 spiro atoms. The molecule has 0 radical (unpaired) electrons. The van der Waals surface area contributed by atoms with Crippen LogP contribution in [0.5, 0.6) is 0 Å². The van der Waals surface area contributed by atoms with Gasteiger partial charge in [-0.1, -0.05) is 30.7 Å². The van der Waals surface area contributed by atoms with Gasteiger partial charge >= 0.3 is 0 Å². The lowest BCUT2D eigenvalue weighted by Crippen LogP contribution is -2.04. The first-order chi connectivity index (χ1) is 8.65. The van der Waals surface area contributed by atoms with Crippen LogP contribution in [-0.4, -0.2) is 17.0 Å². The highest BCUT2D eigenvalue weighted by Gasteiger charge is 2.11. The minimum absolute atomic E-state index is 0.841. The fourth-order valence-corrected chi connectivity index (χ4v) is 2.04. The van der Waals surface area contributed by atoms with Crippen LogP contribution in [-0.2, 0) is 6.42 Å². The largest absolute Gasteiger partial charge is 0.373 e. The number of anilines is 1. The van der Waals surface area contributed by atoms with Gasteiger partial charge in [-0.2, -0.15) is 0 Å². The van der Waals surface area contributed by atoms with Crippen LogP contribution in [0.2, 0.25) is 0 Å². The molecule has 2 aromatic rings. The molecule has 3 heteroatoms. The Bertz CT molecular complexity index is 562. The summed E-state index contributed by atoms with van der Waals surface area (Å²) in [4.78, 5) is 9.16. The number of aryl methyl sites for hydroxylation is 2. The Hall–Kier alpha value is -1.90. The smallest absolute Gasteiger partial charge is 0.132 e. The molecule has 1 aromatic heterocycles. The van der Waals surface area contributed by atoms with Crippen molar-refractivity contribution in [1.82, 2.24) is 9.97 Å². The van der Waals surface area contributed by atoms with E-state index in [0.717, 1.165) is 34.9 Å². The zero-order chi connectivity index (χ0) is 13.1. The summed E-state index contributed by atoms with van der Waals surface area (Å²) in [5, 5.41) is 3.14. The molecule has 1 N–H and O–H groups in total. The van der Waals surface area contributed by atoms with Crippen molar-refractivity contribution in [3.63, 3.8) is 0 Å². The first-order valence-corrected chi connectivity index (χ1v) is 6.28. The second-order valence-corrected chi connectivity index (χ2v) is 4.44. The van der Waals surface area contributed by atoms with Gasteiger partial charge in [-0.15, -0.1) is 0 Å². The zero-order valence-corrected chi connectivity index (χ0v) is 11.4. The van der Waals surface area contributed by atoms with Crippen LogP contribution in [0.25, 0.3) is 11.3 Å². The predicted octanol–water partition coefficient (Wildman–Crippen LogP) is 3.36. The van der Waals surface area contributed by atoms with Gasteiger partial charge in [0.15, 0.2) is 0 Å². The van der Waals surface area contributed by atoms with Gasteiger partial charge in [-0.3, -0.25) is 0 Å². The van der Waals surface area contributed by atoms with E-state index >= 15 is 0 Å². The lowest BCUT2D eigenvalue weighted by molar-refractivity contribution is 0.936. The Morgan fingerprint density at radius 2 is 1.94 bits per heavy atom. The highest BCUT2D eigenvalue weighted by molar-refractivity contribution is 5.68. The summed E-state index contributed by atoms with van der Waals surface area (Å²) in [5.74, 6) is 1.79. The van der Waals surface area contributed by atoms with E-state index in [2.05, 4.69) is 60.3 Å². The lowest BCUT2D eigenvalue weighted by atomic mass is 10.0. The molecular weight excluding hydrogens is 222 g/mol. The lowest BCUT2D eigenvalue weighted by Gasteiger charge is -2.12. The molecule has 0 atom stereocenters. The molecule has 0 aliphatic rings. The van der Waals surface area contributed by atoms with Crippen molar-refractivity contribution in [2.45, 2.75) is 27.2 Å². The normalized spacial score (nSPS) is 10.4. The van der Waals surface area contributed by atoms with Crippen molar-refractivity contribution in [2.24, 2.45) is 0 Å². The van der Waals surface area contributed by atoms with E-state index in [0.29, 0.717) is 0 Å². The van der Waals surface area contributed by atoms with Gasteiger partial charge in [0.05, 0.1) is 5.69 Å². The van der Waals surface area contributed by atoms with Crippen LogP contribution in [0.1, 0.15) is 23.9 Å². The maximum atomic E-state index is 4.66. The minimum atomic E-state index is 0.841. The average molecular weight is 241 g/mol. The number of hydrogen-bond acceptors (Lipinski definition) is 3. The molecule has 0 amide bonds. The standard InChI is InChI=1S/C15H19N3/c1-5-13-17-14(11(3)15(16-4)18-13)12-8-6-7-10(2)9-12/h6-9H,5H2,1-4H3,(H,16,17,18). The molecule has 0 fully saturated rings. The molecule has 94 valence electrons. The summed E-state index contributed by atoms with van der Waals surface area (Å²) < 4.78 is 0. The first-order valence-electron chi connectivity index (χ1n) is 6.28.